The summed E-state index contributed by atoms with van der Waals surface area (Å²) in [5.41, 5.74) is 0. The van der Waals surface area contributed by atoms with E-state index in [0.717, 1.165) is 109 Å². The minimum Gasteiger partial charge on any atom is -0.462 e. The van der Waals surface area contributed by atoms with Crippen LogP contribution in [0.15, 0.2) is 72.9 Å². The van der Waals surface area contributed by atoms with Crippen LogP contribution >= 0.6 is 0 Å². The quantitative estimate of drug-likeness (QED) is 0.0321. The number of aliphatic hydroxyl groups is 2. The van der Waals surface area contributed by atoms with E-state index in [-0.39, 0.29) is 24.9 Å². The van der Waals surface area contributed by atoms with Crippen molar-refractivity contribution >= 4 is 11.9 Å². The van der Waals surface area contributed by atoms with Crippen LogP contribution in [0.25, 0.3) is 0 Å². The van der Waals surface area contributed by atoms with Crippen LogP contribution in [-0.4, -0.2) is 46.9 Å². The molecule has 0 radical (unpaired) electrons. The molecule has 3 N–H and O–H groups in total. The molecule has 0 aromatic carbocycles. The van der Waals surface area contributed by atoms with Crippen LogP contribution in [0.2, 0.25) is 0 Å². The third kappa shape index (κ3) is 49.5. The van der Waals surface area contributed by atoms with Gasteiger partial charge in [0.2, 0.25) is 5.91 Å². The molecule has 0 fully saturated rings. The Morgan fingerprint density at radius 3 is 1.25 bits per heavy atom. The first-order chi connectivity index (χ1) is 33.0. The number of aliphatic hydroxyl groups excluding tert-OH is 2. The number of hydrogen-bond donors (Lipinski definition) is 3. The fourth-order valence-electron chi connectivity index (χ4n) is 8.45. The zero-order valence-electron chi connectivity index (χ0n) is 44.3. The molecule has 6 heteroatoms. The summed E-state index contributed by atoms with van der Waals surface area (Å²) < 4.78 is 5.94. The van der Waals surface area contributed by atoms with Crippen LogP contribution in [0.1, 0.15) is 278 Å². The van der Waals surface area contributed by atoms with E-state index in [0.29, 0.717) is 19.3 Å². The molecule has 0 aliphatic heterocycles. The highest BCUT2D eigenvalue weighted by atomic mass is 16.5. The molecule has 0 aliphatic rings. The van der Waals surface area contributed by atoms with Crippen molar-refractivity contribution in [3.63, 3.8) is 0 Å². The predicted octanol–water partition coefficient (Wildman–Crippen LogP) is 17.7. The lowest BCUT2D eigenvalue weighted by molar-refractivity contribution is -0.151. The Balaban J connectivity index is 4.62. The van der Waals surface area contributed by atoms with Gasteiger partial charge in [-0.1, -0.05) is 241 Å². The second kappa shape index (κ2) is 54.2. The Kier molecular flexibility index (Phi) is 52.1. The van der Waals surface area contributed by atoms with Gasteiger partial charge < -0.3 is 20.3 Å². The van der Waals surface area contributed by atoms with Gasteiger partial charge in [0.15, 0.2) is 0 Å². The number of rotatable bonds is 51. The molecule has 0 aromatic rings. The number of unbranched alkanes of at least 4 members (excludes halogenated alkanes) is 27. The van der Waals surface area contributed by atoms with E-state index in [1.807, 2.05) is 0 Å². The molecule has 3 unspecified atom stereocenters. The van der Waals surface area contributed by atoms with Gasteiger partial charge in [0, 0.05) is 6.42 Å². The van der Waals surface area contributed by atoms with E-state index < -0.39 is 18.2 Å². The van der Waals surface area contributed by atoms with Crippen LogP contribution in [0.4, 0.5) is 0 Å². The standard InChI is InChI=1S/C61H109NO5/c1-4-7-10-13-16-19-22-25-28-29-30-31-33-36-39-42-45-48-51-54-61(66)67-57(52-49-46-43-40-37-34-27-24-21-18-15-12-9-6-3)55-60(65)62-58(56-63)59(64)53-50-47-44-41-38-35-32-26-23-20-17-14-11-8-5-2/h7,10,16,19,25,28,30-31,34,36-37,39,57-59,63-64H,4-6,8-9,11-15,17-18,20-24,26-27,29,32-33,35,38,40-56H2,1-3H3,(H,62,65)/b10-7-,19-16-,28-25-,31-30-,37-34+,39-36-. The van der Waals surface area contributed by atoms with Gasteiger partial charge in [0.05, 0.1) is 25.2 Å². The van der Waals surface area contributed by atoms with Crippen molar-refractivity contribution in [3.8, 4) is 0 Å². The first-order valence-electron chi connectivity index (χ1n) is 28.7. The first-order valence-corrected chi connectivity index (χ1v) is 28.7. The van der Waals surface area contributed by atoms with Crippen LogP contribution < -0.4 is 5.32 Å². The number of carbonyl (C=O) groups is 2. The second-order valence-corrected chi connectivity index (χ2v) is 19.3. The van der Waals surface area contributed by atoms with Gasteiger partial charge in [0.1, 0.15) is 6.10 Å². The number of hydrogen-bond acceptors (Lipinski definition) is 5. The zero-order chi connectivity index (χ0) is 48.8. The van der Waals surface area contributed by atoms with Gasteiger partial charge in [-0.3, -0.25) is 9.59 Å². The number of allylic oxidation sites excluding steroid dienone is 12. The van der Waals surface area contributed by atoms with E-state index in [4.69, 9.17) is 4.74 Å². The van der Waals surface area contributed by atoms with Gasteiger partial charge in [-0.15, -0.1) is 0 Å². The van der Waals surface area contributed by atoms with Crippen molar-refractivity contribution in [1.29, 1.82) is 0 Å². The summed E-state index contributed by atoms with van der Waals surface area (Å²) >= 11 is 0. The van der Waals surface area contributed by atoms with Crippen LogP contribution in [0, 0.1) is 0 Å². The molecule has 388 valence electrons. The summed E-state index contributed by atoms with van der Waals surface area (Å²) in [6.45, 7) is 6.38. The lowest BCUT2D eigenvalue weighted by Gasteiger charge is -2.24. The van der Waals surface area contributed by atoms with E-state index in [1.165, 1.54) is 122 Å². The molecule has 0 spiro atoms. The largest absolute Gasteiger partial charge is 0.462 e. The highest BCUT2D eigenvalue weighted by molar-refractivity contribution is 5.77. The molecular weight excluding hydrogens is 827 g/mol. The molecule has 0 rings (SSSR count). The van der Waals surface area contributed by atoms with Crippen LogP contribution in [0.5, 0.6) is 0 Å². The highest BCUT2D eigenvalue weighted by Gasteiger charge is 2.24. The maximum atomic E-state index is 13.3. The molecule has 1 amide bonds. The molecule has 6 nitrogen and oxygen atoms in total. The third-order valence-electron chi connectivity index (χ3n) is 12.8. The fourth-order valence-corrected chi connectivity index (χ4v) is 8.45. The summed E-state index contributed by atoms with van der Waals surface area (Å²) in [7, 11) is 0. The fraction of sp³-hybridized carbons (Fsp3) is 0.770. The van der Waals surface area contributed by atoms with Crippen molar-refractivity contribution in [2.75, 3.05) is 6.61 Å². The molecule has 0 saturated heterocycles. The second-order valence-electron chi connectivity index (χ2n) is 19.3. The Hall–Kier alpha value is -2.70. The van der Waals surface area contributed by atoms with Gasteiger partial charge in [0.25, 0.3) is 0 Å². The Bertz CT molecular complexity index is 1230. The normalized spacial score (nSPS) is 13.7. The van der Waals surface area contributed by atoms with Gasteiger partial charge in [-0.25, -0.2) is 0 Å². The SMILES string of the molecule is CC/C=C\C/C=C\C/C=C\C/C=C\C/C=C\CCCCCC(=O)OC(CCCCC/C=C/CCCCCCCCC)CC(=O)NC(CO)C(O)CCCCCCCCCCCCCCCCC. The molecular formula is C61H109NO5. The number of amides is 1. The Morgan fingerprint density at radius 1 is 0.448 bits per heavy atom. The summed E-state index contributed by atoms with van der Waals surface area (Å²) in [6.07, 6.45) is 69.6. The average Bonchev–Trinajstić information content (AvgIpc) is 3.32. The summed E-state index contributed by atoms with van der Waals surface area (Å²) in [5, 5.41) is 23.9. The Labute approximate surface area is 415 Å². The van der Waals surface area contributed by atoms with Crippen molar-refractivity contribution in [2.24, 2.45) is 0 Å². The van der Waals surface area contributed by atoms with E-state index in [9.17, 15) is 19.8 Å². The molecule has 0 bridgehead atoms. The third-order valence-corrected chi connectivity index (χ3v) is 12.8. The van der Waals surface area contributed by atoms with E-state index in [2.05, 4.69) is 99.0 Å². The number of ether oxygens (including phenoxy) is 1. The maximum absolute atomic E-state index is 13.3. The smallest absolute Gasteiger partial charge is 0.306 e. The molecule has 0 aliphatic carbocycles. The van der Waals surface area contributed by atoms with Gasteiger partial charge in [-0.05, 0) is 96.3 Å². The van der Waals surface area contributed by atoms with Crippen LogP contribution in [-0.2, 0) is 14.3 Å². The van der Waals surface area contributed by atoms with Crippen molar-refractivity contribution < 1.29 is 24.5 Å². The van der Waals surface area contributed by atoms with E-state index >= 15 is 0 Å². The molecule has 3 atom stereocenters. The summed E-state index contributed by atoms with van der Waals surface area (Å²) in [6, 6.07) is -0.716. The van der Waals surface area contributed by atoms with Crippen molar-refractivity contribution in [2.45, 2.75) is 296 Å². The van der Waals surface area contributed by atoms with E-state index in [1.54, 1.807) is 0 Å². The molecule has 0 heterocycles. The van der Waals surface area contributed by atoms with Gasteiger partial charge >= 0.3 is 5.97 Å². The summed E-state index contributed by atoms with van der Waals surface area (Å²) in [5.74, 6) is -0.523. The highest BCUT2D eigenvalue weighted by Crippen LogP contribution is 2.18. The minimum absolute atomic E-state index is 0.0519. The number of carbonyl (C=O) groups excluding carboxylic acids is 2. The van der Waals surface area contributed by atoms with Crippen molar-refractivity contribution in [1.82, 2.24) is 5.32 Å². The summed E-state index contributed by atoms with van der Waals surface area (Å²) in [4.78, 5) is 26.3. The topological polar surface area (TPSA) is 95.9 Å². The molecule has 0 saturated carbocycles. The lowest BCUT2D eigenvalue weighted by Crippen LogP contribution is -2.46. The average molecular weight is 937 g/mol. The van der Waals surface area contributed by atoms with Crippen LogP contribution in [0.3, 0.4) is 0 Å². The number of esters is 1. The predicted molar refractivity (Wildman–Crippen MR) is 291 cm³/mol. The van der Waals surface area contributed by atoms with Gasteiger partial charge in [-0.2, -0.15) is 0 Å². The molecule has 67 heavy (non-hydrogen) atoms. The van der Waals surface area contributed by atoms with Crippen molar-refractivity contribution in [3.05, 3.63) is 72.9 Å². The monoisotopic (exact) mass is 936 g/mol. The Morgan fingerprint density at radius 2 is 0.806 bits per heavy atom. The maximum Gasteiger partial charge on any atom is 0.306 e. The minimum atomic E-state index is -0.801. The zero-order valence-corrected chi connectivity index (χ0v) is 44.3. The lowest BCUT2D eigenvalue weighted by atomic mass is 10.0. The number of nitrogens with one attached hydrogen (secondary N) is 1. The molecule has 0 aromatic heterocycles. The first kappa shape index (κ1) is 64.3.